The van der Waals surface area contributed by atoms with Gasteiger partial charge in [0.25, 0.3) is 5.91 Å². The Kier molecular flexibility index (Phi) is 7.61. The average Bonchev–Trinajstić information content (AvgIpc) is 2.65. The summed E-state index contributed by atoms with van der Waals surface area (Å²) >= 11 is 0. The molecule has 0 aliphatic carbocycles. The highest BCUT2D eigenvalue weighted by atomic mass is 32.2. The summed E-state index contributed by atoms with van der Waals surface area (Å²) in [4.78, 5) is 12.7. The number of sulfonamides is 1. The lowest BCUT2D eigenvalue weighted by molar-refractivity contribution is 0.0935. The number of carbonyl (C=O) groups excluding carboxylic acids is 1. The number of amides is 1. The summed E-state index contributed by atoms with van der Waals surface area (Å²) in [6.07, 6.45) is 5.64. The van der Waals surface area contributed by atoms with Crippen molar-refractivity contribution in [1.82, 2.24) is 9.62 Å². The van der Waals surface area contributed by atoms with Crippen LogP contribution in [0.4, 0.5) is 0 Å². The highest BCUT2D eigenvalue weighted by Crippen LogP contribution is 2.25. The molecule has 146 valence electrons. The number of rotatable bonds is 8. The maximum absolute atomic E-state index is 13.0. The van der Waals surface area contributed by atoms with Gasteiger partial charge in [0.05, 0.1) is 4.90 Å². The monoisotopic (exact) mass is 381 g/mol. The number of nitrogens with two attached hydrogens (primary N) is 1. The highest BCUT2D eigenvalue weighted by Gasteiger charge is 2.31. The molecule has 7 heteroatoms. The van der Waals surface area contributed by atoms with Crippen molar-refractivity contribution < 1.29 is 13.2 Å². The molecule has 2 atom stereocenters. The lowest BCUT2D eigenvalue weighted by Crippen LogP contribution is -2.42. The van der Waals surface area contributed by atoms with Crippen LogP contribution in [0.25, 0.3) is 0 Å². The molecular formula is C19H31N3O3S. The first-order valence-electron chi connectivity index (χ1n) is 9.53. The first kappa shape index (κ1) is 20.9. The summed E-state index contributed by atoms with van der Waals surface area (Å²) in [6.45, 7) is 4.93. The van der Waals surface area contributed by atoms with Crippen molar-refractivity contribution in [2.45, 2.75) is 69.4 Å². The Morgan fingerprint density at radius 3 is 2.81 bits per heavy atom. The summed E-state index contributed by atoms with van der Waals surface area (Å²) in [5, 5.41) is 2.91. The Hall–Kier alpha value is -1.44. The van der Waals surface area contributed by atoms with Crippen LogP contribution in [0.15, 0.2) is 29.2 Å². The van der Waals surface area contributed by atoms with E-state index in [1.165, 1.54) is 6.07 Å². The van der Waals surface area contributed by atoms with Gasteiger partial charge < -0.3 is 11.1 Å². The molecule has 1 amide bonds. The second kappa shape index (κ2) is 9.48. The SMILES string of the molecule is CCCCC(CN)NC(=O)c1cccc(S(=O)(=O)N2CCCCC2C)c1. The Labute approximate surface area is 157 Å². The number of benzene rings is 1. The maximum Gasteiger partial charge on any atom is 0.251 e. The van der Waals surface area contributed by atoms with E-state index in [9.17, 15) is 13.2 Å². The fourth-order valence-corrected chi connectivity index (χ4v) is 5.08. The van der Waals surface area contributed by atoms with Crippen LogP contribution in [0.3, 0.4) is 0 Å². The van der Waals surface area contributed by atoms with Crippen LogP contribution in [0.2, 0.25) is 0 Å². The highest BCUT2D eigenvalue weighted by molar-refractivity contribution is 7.89. The molecule has 0 aromatic heterocycles. The van der Waals surface area contributed by atoms with Crippen LogP contribution >= 0.6 is 0 Å². The zero-order valence-electron chi connectivity index (χ0n) is 15.8. The van der Waals surface area contributed by atoms with Gasteiger partial charge in [-0.15, -0.1) is 0 Å². The second-order valence-corrected chi connectivity index (χ2v) is 8.93. The molecule has 2 rings (SSSR count). The normalized spacial score (nSPS) is 19.9. The van der Waals surface area contributed by atoms with Crippen molar-refractivity contribution in [1.29, 1.82) is 0 Å². The van der Waals surface area contributed by atoms with Gasteiger partial charge in [-0.3, -0.25) is 4.79 Å². The lowest BCUT2D eigenvalue weighted by atomic mass is 10.1. The number of carbonyl (C=O) groups is 1. The molecule has 1 aliphatic heterocycles. The van der Waals surface area contributed by atoms with E-state index < -0.39 is 10.0 Å². The first-order chi connectivity index (χ1) is 12.4. The largest absolute Gasteiger partial charge is 0.348 e. The average molecular weight is 382 g/mol. The van der Waals surface area contributed by atoms with Gasteiger partial charge in [-0.05, 0) is 44.4 Å². The predicted molar refractivity (Wildman–Crippen MR) is 103 cm³/mol. The van der Waals surface area contributed by atoms with Crippen molar-refractivity contribution in [3.05, 3.63) is 29.8 Å². The molecule has 2 unspecified atom stereocenters. The third-order valence-corrected chi connectivity index (χ3v) is 6.98. The molecule has 1 aromatic rings. The van der Waals surface area contributed by atoms with Crippen LogP contribution in [-0.4, -0.2) is 43.8 Å². The van der Waals surface area contributed by atoms with E-state index >= 15 is 0 Å². The number of piperidine rings is 1. The molecule has 1 heterocycles. The molecular weight excluding hydrogens is 350 g/mol. The van der Waals surface area contributed by atoms with Crippen molar-refractivity contribution in [2.75, 3.05) is 13.1 Å². The van der Waals surface area contributed by atoms with E-state index in [4.69, 9.17) is 5.73 Å². The molecule has 26 heavy (non-hydrogen) atoms. The smallest absolute Gasteiger partial charge is 0.251 e. The molecule has 1 aliphatic rings. The standard InChI is InChI=1S/C19H31N3O3S/c1-3-4-10-17(14-20)21-19(23)16-9-7-11-18(13-16)26(24,25)22-12-6-5-8-15(22)2/h7,9,11,13,15,17H,3-6,8,10,12,14,20H2,1-2H3,(H,21,23). The quantitative estimate of drug-likeness (QED) is 0.723. The van der Waals surface area contributed by atoms with Gasteiger partial charge in [-0.2, -0.15) is 4.31 Å². The summed E-state index contributed by atoms with van der Waals surface area (Å²) in [7, 11) is -3.59. The molecule has 0 saturated carbocycles. The predicted octanol–water partition coefficient (Wildman–Crippen LogP) is 2.50. The number of nitrogens with zero attached hydrogens (tertiary/aromatic N) is 1. The Bertz CT molecular complexity index is 706. The minimum absolute atomic E-state index is 0.0121. The second-order valence-electron chi connectivity index (χ2n) is 7.04. The minimum atomic E-state index is -3.59. The van der Waals surface area contributed by atoms with E-state index in [0.717, 1.165) is 38.5 Å². The number of nitrogens with one attached hydrogen (secondary N) is 1. The first-order valence-corrected chi connectivity index (χ1v) is 11.0. The molecule has 1 aromatic carbocycles. The van der Waals surface area contributed by atoms with E-state index in [1.807, 2.05) is 6.92 Å². The summed E-state index contributed by atoms with van der Waals surface area (Å²) in [5.41, 5.74) is 6.09. The van der Waals surface area contributed by atoms with Crippen LogP contribution in [0, 0.1) is 0 Å². The van der Waals surface area contributed by atoms with Crippen molar-refractivity contribution in [3.8, 4) is 0 Å². The molecule has 0 bridgehead atoms. The Balaban J connectivity index is 2.17. The Morgan fingerprint density at radius 1 is 1.38 bits per heavy atom. The van der Waals surface area contributed by atoms with Gasteiger partial charge in [-0.25, -0.2) is 8.42 Å². The fourth-order valence-electron chi connectivity index (χ4n) is 3.33. The van der Waals surface area contributed by atoms with Crippen LogP contribution in [0.1, 0.15) is 62.7 Å². The van der Waals surface area contributed by atoms with Gasteiger partial charge in [0.15, 0.2) is 0 Å². The minimum Gasteiger partial charge on any atom is -0.348 e. The van der Waals surface area contributed by atoms with Gasteiger partial charge in [0.1, 0.15) is 0 Å². The van der Waals surface area contributed by atoms with Gasteiger partial charge in [0.2, 0.25) is 10.0 Å². The molecule has 1 saturated heterocycles. The molecule has 3 N–H and O–H groups in total. The van der Waals surface area contributed by atoms with Gasteiger partial charge in [-0.1, -0.05) is 32.3 Å². The van der Waals surface area contributed by atoms with E-state index in [2.05, 4.69) is 12.2 Å². The summed E-state index contributed by atoms with van der Waals surface area (Å²) in [6, 6.07) is 6.19. The van der Waals surface area contributed by atoms with E-state index in [-0.39, 0.29) is 22.9 Å². The van der Waals surface area contributed by atoms with Gasteiger partial charge >= 0.3 is 0 Å². The zero-order chi connectivity index (χ0) is 19.2. The van der Waals surface area contributed by atoms with Crippen molar-refractivity contribution in [2.24, 2.45) is 5.73 Å². The maximum atomic E-state index is 13.0. The third kappa shape index (κ3) is 5.05. The third-order valence-electron chi connectivity index (χ3n) is 4.97. The van der Waals surface area contributed by atoms with E-state index in [0.29, 0.717) is 18.7 Å². The van der Waals surface area contributed by atoms with Crippen LogP contribution in [-0.2, 0) is 10.0 Å². The lowest BCUT2D eigenvalue weighted by Gasteiger charge is -2.32. The van der Waals surface area contributed by atoms with Gasteiger partial charge in [0, 0.05) is 30.7 Å². The molecule has 0 radical (unpaired) electrons. The number of hydrogen-bond acceptors (Lipinski definition) is 4. The van der Waals surface area contributed by atoms with E-state index in [1.54, 1.807) is 22.5 Å². The topological polar surface area (TPSA) is 92.5 Å². The summed E-state index contributed by atoms with van der Waals surface area (Å²) < 4.78 is 27.5. The van der Waals surface area contributed by atoms with Crippen LogP contribution < -0.4 is 11.1 Å². The van der Waals surface area contributed by atoms with Crippen LogP contribution in [0.5, 0.6) is 0 Å². The molecule has 6 nitrogen and oxygen atoms in total. The number of unbranched alkanes of at least 4 members (excludes halogenated alkanes) is 1. The molecule has 0 spiro atoms. The zero-order valence-corrected chi connectivity index (χ0v) is 16.6. The molecule has 1 fully saturated rings. The van der Waals surface area contributed by atoms with Crippen molar-refractivity contribution in [3.63, 3.8) is 0 Å². The number of hydrogen-bond donors (Lipinski definition) is 2. The Morgan fingerprint density at radius 2 is 2.15 bits per heavy atom. The fraction of sp³-hybridized carbons (Fsp3) is 0.632. The van der Waals surface area contributed by atoms with Crippen molar-refractivity contribution >= 4 is 15.9 Å². The summed E-state index contributed by atoms with van der Waals surface area (Å²) in [5.74, 6) is -0.278.